The Morgan fingerprint density at radius 3 is 2.07 bits per heavy atom. The lowest BCUT2D eigenvalue weighted by Crippen LogP contribution is -2.60. The Morgan fingerprint density at radius 2 is 1.42 bits per heavy atom. The molecule has 4 aromatic rings. The molecule has 11 N–H and O–H groups in total. The van der Waals surface area contributed by atoms with Gasteiger partial charge in [0.25, 0.3) is 0 Å². The van der Waals surface area contributed by atoms with E-state index in [1.807, 2.05) is 0 Å². The molecule has 1 fully saturated rings. The lowest BCUT2D eigenvalue weighted by Gasteiger charge is -2.39. The largest absolute Gasteiger partial charge is 0.508 e. The number of aliphatic hydroxyl groups is 4. The first-order valence-corrected chi connectivity index (χ1v) is 12.7. The second-order valence-electron chi connectivity index (χ2n) is 9.83. The van der Waals surface area contributed by atoms with Gasteiger partial charge in [0.2, 0.25) is 17.5 Å². The number of ether oxygens (including phenoxy) is 3. The van der Waals surface area contributed by atoms with Crippen LogP contribution in [0.15, 0.2) is 45.6 Å². The molecule has 5 rings (SSSR count). The summed E-state index contributed by atoms with van der Waals surface area (Å²) >= 11 is 0. The Balaban J connectivity index is 1.71. The standard InChI is InChI=1S/C28H24O17/c29-7-18-21(37)23(39)24(40)28(44-18)45-26-22(38)19-13(33)3-9(30)4-17(19)42-25(26)10-5-11(31)12(32)6-16(10)43-27(41)8-1-14(34)20(36)15(35)2-8/h1-6,18,21,23-24,28-37,39-40H,7H2/t18-,21+,23+,24-,28+/m1/s1. The Morgan fingerprint density at radius 1 is 0.778 bits per heavy atom. The molecule has 0 radical (unpaired) electrons. The first-order valence-electron chi connectivity index (χ1n) is 12.7. The molecular formula is C28H24O17. The molecule has 1 aromatic heterocycles. The number of phenolic OH excluding ortho intramolecular Hbond substituents is 7. The minimum Gasteiger partial charge on any atom is -0.508 e. The summed E-state index contributed by atoms with van der Waals surface area (Å²) in [5.41, 5.74) is -2.72. The third-order valence-corrected chi connectivity index (χ3v) is 6.83. The lowest BCUT2D eigenvalue weighted by molar-refractivity contribution is -0.277. The molecule has 5 atom stereocenters. The van der Waals surface area contributed by atoms with E-state index in [4.69, 9.17) is 18.6 Å². The molecule has 45 heavy (non-hydrogen) atoms. The van der Waals surface area contributed by atoms with E-state index in [1.165, 1.54) is 0 Å². The maximum Gasteiger partial charge on any atom is 0.343 e. The predicted molar refractivity (Wildman–Crippen MR) is 145 cm³/mol. The van der Waals surface area contributed by atoms with Crippen LogP contribution in [0.5, 0.6) is 51.7 Å². The maximum atomic E-state index is 13.7. The monoisotopic (exact) mass is 632 g/mol. The molecule has 0 saturated carbocycles. The highest BCUT2D eigenvalue weighted by molar-refractivity contribution is 5.94. The number of rotatable bonds is 6. The Labute approximate surface area is 249 Å². The van der Waals surface area contributed by atoms with E-state index in [0.717, 1.165) is 30.3 Å². The van der Waals surface area contributed by atoms with Crippen LogP contribution in [0.25, 0.3) is 22.3 Å². The van der Waals surface area contributed by atoms with E-state index in [1.54, 1.807) is 0 Å². The second-order valence-corrected chi connectivity index (χ2v) is 9.83. The van der Waals surface area contributed by atoms with Crippen molar-refractivity contribution < 1.29 is 79.6 Å². The summed E-state index contributed by atoms with van der Waals surface area (Å²) in [4.78, 5) is 26.7. The van der Waals surface area contributed by atoms with Crippen molar-refractivity contribution in [2.45, 2.75) is 30.7 Å². The lowest BCUT2D eigenvalue weighted by atomic mass is 9.99. The van der Waals surface area contributed by atoms with Crippen LogP contribution in [-0.2, 0) is 4.74 Å². The fourth-order valence-corrected chi connectivity index (χ4v) is 4.53. The summed E-state index contributed by atoms with van der Waals surface area (Å²) in [6.45, 7) is -0.863. The van der Waals surface area contributed by atoms with E-state index in [9.17, 15) is 65.8 Å². The molecule has 1 aliphatic heterocycles. The van der Waals surface area contributed by atoms with Crippen LogP contribution in [0, 0.1) is 0 Å². The number of fused-ring (bicyclic) bond motifs is 1. The Kier molecular flexibility index (Phi) is 7.96. The van der Waals surface area contributed by atoms with Gasteiger partial charge in [0.05, 0.1) is 17.7 Å². The van der Waals surface area contributed by atoms with Gasteiger partial charge in [-0.25, -0.2) is 4.79 Å². The summed E-state index contributed by atoms with van der Waals surface area (Å²) in [6.07, 6.45) is -9.27. The van der Waals surface area contributed by atoms with Gasteiger partial charge in [-0.1, -0.05) is 0 Å². The van der Waals surface area contributed by atoms with Crippen molar-refractivity contribution in [1.29, 1.82) is 0 Å². The molecule has 3 aromatic carbocycles. The van der Waals surface area contributed by atoms with Crippen LogP contribution < -0.4 is 14.9 Å². The van der Waals surface area contributed by atoms with E-state index in [2.05, 4.69) is 0 Å². The van der Waals surface area contributed by atoms with Crippen LogP contribution in [0.3, 0.4) is 0 Å². The number of benzene rings is 3. The van der Waals surface area contributed by atoms with Crippen molar-refractivity contribution in [1.82, 2.24) is 0 Å². The highest BCUT2D eigenvalue weighted by atomic mass is 16.7. The third-order valence-electron chi connectivity index (χ3n) is 6.83. The van der Waals surface area contributed by atoms with E-state index in [-0.39, 0.29) is 0 Å². The number of carbonyl (C=O) groups excluding carboxylic acids is 1. The van der Waals surface area contributed by atoms with Crippen LogP contribution in [0.1, 0.15) is 10.4 Å². The SMILES string of the molecule is O=C(Oc1cc(O)c(O)cc1-c1oc2cc(O)cc(O)c2c(=O)c1O[C@@H]1O[C@H](CO)[C@H](O)[C@H](O)[C@H]1O)c1cc(O)c(O)c(O)c1. The number of esters is 1. The van der Waals surface area contributed by atoms with Crippen molar-refractivity contribution in [2.24, 2.45) is 0 Å². The number of carbonyl (C=O) groups is 1. The topological polar surface area (TPSA) is 298 Å². The van der Waals surface area contributed by atoms with Gasteiger partial charge in [-0.15, -0.1) is 0 Å². The highest BCUT2D eigenvalue weighted by Crippen LogP contribution is 2.45. The number of aromatic hydroxyl groups is 7. The smallest absolute Gasteiger partial charge is 0.343 e. The van der Waals surface area contributed by atoms with Crippen molar-refractivity contribution in [2.75, 3.05) is 6.61 Å². The maximum absolute atomic E-state index is 13.7. The molecular weight excluding hydrogens is 608 g/mol. The van der Waals surface area contributed by atoms with Gasteiger partial charge >= 0.3 is 5.97 Å². The normalized spacial score (nSPS) is 21.5. The minimum atomic E-state index is -2.04. The molecule has 1 aliphatic rings. The summed E-state index contributed by atoms with van der Waals surface area (Å²) in [5, 5.41) is 110. The van der Waals surface area contributed by atoms with Gasteiger partial charge < -0.3 is 74.8 Å². The third kappa shape index (κ3) is 5.52. The van der Waals surface area contributed by atoms with E-state index < -0.39 is 128 Å². The Hall–Kier alpha value is -5.46. The Bertz CT molecular complexity index is 1840. The number of phenols is 7. The molecule has 238 valence electrons. The number of aliphatic hydroxyl groups excluding tert-OH is 4. The molecule has 0 unspecified atom stereocenters. The molecule has 2 heterocycles. The zero-order valence-electron chi connectivity index (χ0n) is 22.4. The number of hydrogen-bond acceptors (Lipinski definition) is 17. The zero-order chi connectivity index (χ0) is 32.9. The first-order chi connectivity index (χ1) is 21.2. The van der Waals surface area contributed by atoms with Gasteiger partial charge in [-0.3, -0.25) is 4.79 Å². The van der Waals surface area contributed by atoms with Crippen molar-refractivity contribution in [3.8, 4) is 63.1 Å². The van der Waals surface area contributed by atoms with Gasteiger partial charge in [0, 0.05) is 18.2 Å². The average molecular weight is 632 g/mol. The molecule has 0 aliphatic carbocycles. The average Bonchev–Trinajstić information content (AvgIpc) is 2.98. The van der Waals surface area contributed by atoms with Gasteiger partial charge in [0.15, 0.2) is 34.5 Å². The molecule has 0 bridgehead atoms. The molecule has 0 amide bonds. The predicted octanol–water partition coefficient (Wildman–Crippen LogP) is -0.203. The number of hydrogen-bond donors (Lipinski definition) is 11. The first kappa shape index (κ1) is 31.0. The fourth-order valence-electron chi connectivity index (χ4n) is 4.53. The fraction of sp³-hybridized carbons (Fsp3) is 0.214. The van der Waals surface area contributed by atoms with Crippen molar-refractivity contribution in [3.05, 3.63) is 52.2 Å². The summed E-state index contributed by atoms with van der Waals surface area (Å²) in [7, 11) is 0. The molecule has 17 heteroatoms. The minimum absolute atomic E-state index is 0.480. The van der Waals surface area contributed by atoms with Crippen LogP contribution in [-0.4, -0.2) is 99.5 Å². The van der Waals surface area contributed by atoms with Gasteiger partial charge in [0.1, 0.15) is 52.6 Å². The quantitative estimate of drug-likeness (QED) is 0.0744. The zero-order valence-corrected chi connectivity index (χ0v) is 22.4. The summed E-state index contributed by atoms with van der Waals surface area (Å²) in [6, 6.07) is 4.60. The van der Waals surface area contributed by atoms with Crippen molar-refractivity contribution in [3.63, 3.8) is 0 Å². The van der Waals surface area contributed by atoms with Gasteiger partial charge in [-0.2, -0.15) is 0 Å². The van der Waals surface area contributed by atoms with E-state index in [0.29, 0.717) is 6.07 Å². The summed E-state index contributed by atoms with van der Waals surface area (Å²) < 4.78 is 21.9. The van der Waals surface area contributed by atoms with Crippen LogP contribution in [0.2, 0.25) is 0 Å². The van der Waals surface area contributed by atoms with Crippen LogP contribution >= 0.6 is 0 Å². The highest BCUT2D eigenvalue weighted by Gasteiger charge is 2.45. The summed E-state index contributed by atoms with van der Waals surface area (Å²) in [5.74, 6) is -9.43. The molecule has 1 saturated heterocycles. The molecule has 0 spiro atoms. The van der Waals surface area contributed by atoms with Crippen molar-refractivity contribution >= 4 is 16.9 Å². The van der Waals surface area contributed by atoms with Gasteiger partial charge in [-0.05, 0) is 18.2 Å². The second kappa shape index (κ2) is 11.6. The molecule has 17 nitrogen and oxygen atoms in total. The van der Waals surface area contributed by atoms with E-state index >= 15 is 0 Å². The van der Waals surface area contributed by atoms with Crippen LogP contribution in [0.4, 0.5) is 0 Å².